The van der Waals surface area contributed by atoms with E-state index in [4.69, 9.17) is 37.9 Å². The Kier molecular flexibility index (Phi) is 35.7. The summed E-state index contributed by atoms with van der Waals surface area (Å²) in [5, 5.41) is 93.3. The maximum atomic E-state index is 13.8. The van der Waals surface area contributed by atoms with Crippen LogP contribution in [0.4, 0.5) is 0 Å². The second kappa shape index (κ2) is 41.3. The molecule has 0 radical (unpaired) electrons. The lowest BCUT2D eigenvalue weighted by Gasteiger charge is -2.37. The monoisotopic (exact) mass is 1310 g/mol. The summed E-state index contributed by atoms with van der Waals surface area (Å²) < 4.78 is 49.1. The Morgan fingerprint density at radius 1 is 0.495 bits per heavy atom. The van der Waals surface area contributed by atoms with Crippen molar-refractivity contribution in [1.29, 1.82) is 0 Å². The van der Waals surface area contributed by atoms with Gasteiger partial charge in [-0.15, -0.1) is 0 Å². The number of rotatable bonds is 18. The highest BCUT2D eigenvalue weighted by Gasteiger charge is 2.40. The second-order valence-electron chi connectivity index (χ2n) is 29.2. The number of methoxy groups -OCH3 is 2. The third-order valence-corrected chi connectivity index (χ3v) is 21.0. The summed E-state index contributed by atoms with van der Waals surface area (Å²) >= 11 is 0. The third-order valence-electron chi connectivity index (χ3n) is 21.0. The van der Waals surface area contributed by atoms with Crippen LogP contribution < -0.4 is 0 Å². The molecule has 534 valence electrons. The van der Waals surface area contributed by atoms with Crippen molar-refractivity contribution in [2.24, 2.45) is 41.4 Å². The molecule has 5 aliphatic rings. The minimum atomic E-state index is -1.09. The zero-order valence-corrected chi connectivity index (χ0v) is 58.9. The fraction of sp³-hybridized carbons (Fsp3) is 0.813. The van der Waals surface area contributed by atoms with Crippen LogP contribution in [0.5, 0.6) is 0 Å². The molecule has 5 aliphatic heterocycles. The Morgan fingerprint density at radius 3 is 1.51 bits per heavy atom. The topological polar surface area (TPSA) is 270 Å². The van der Waals surface area contributed by atoms with E-state index < -0.39 is 109 Å². The molecule has 0 aromatic rings. The van der Waals surface area contributed by atoms with Crippen molar-refractivity contribution in [2.75, 3.05) is 14.2 Å². The molecule has 0 amide bonds. The zero-order valence-electron chi connectivity index (χ0n) is 58.9. The molecule has 8 N–H and O–H groups in total. The van der Waals surface area contributed by atoms with Crippen LogP contribution in [0.25, 0.3) is 0 Å². The molecule has 5 heterocycles. The number of carbonyl (C=O) groups is 2. The van der Waals surface area contributed by atoms with Gasteiger partial charge in [-0.25, -0.2) is 9.59 Å². The lowest BCUT2D eigenvalue weighted by atomic mass is 9.79. The smallest absolute Gasteiger partial charge is 0.331 e. The van der Waals surface area contributed by atoms with E-state index in [2.05, 4.69) is 13.0 Å². The Morgan fingerprint density at radius 2 is 0.978 bits per heavy atom. The lowest BCUT2D eigenvalue weighted by Crippen LogP contribution is -2.44. The minimum Gasteiger partial charge on any atom is -0.459 e. The van der Waals surface area contributed by atoms with Crippen molar-refractivity contribution < 1.29 is 88.3 Å². The van der Waals surface area contributed by atoms with Gasteiger partial charge in [-0.05, 0) is 148 Å². The van der Waals surface area contributed by atoms with Crippen LogP contribution in [-0.4, -0.2) is 189 Å². The van der Waals surface area contributed by atoms with Crippen molar-refractivity contribution in [1.82, 2.24) is 0 Å². The van der Waals surface area contributed by atoms with Crippen molar-refractivity contribution >= 4 is 11.9 Å². The van der Waals surface area contributed by atoms with Crippen molar-refractivity contribution in [3.63, 3.8) is 0 Å². The SMILES string of the molecule is COC1CC(C)OC(CCC(C)C(O)C(C)C(O)C(C)C2CC(O)C(C)CCC3CC=CC(CC(O)CC=C(C)C=CC(=O)OC(C(C)C(O)C(C)C(O)C(C)CCC4CCCC(C)O4)CC(O)CC(OC)CC4CC=CC(CC(O)CC=C(C)C=CC(=O)O2)O4)O3)C1. The molecule has 0 saturated carbocycles. The molecule has 0 aliphatic carbocycles. The third kappa shape index (κ3) is 28.3. The first-order chi connectivity index (χ1) is 44.1. The van der Waals surface area contributed by atoms with Crippen molar-refractivity contribution in [3.8, 4) is 0 Å². The molecule has 27 unspecified atom stereocenters. The van der Waals surface area contributed by atoms with E-state index in [9.17, 15) is 50.4 Å². The number of aliphatic hydroxyl groups is 8. The predicted molar refractivity (Wildman–Crippen MR) is 361 cm³/mol. The number of esters is 2. The van der Waals surface area contributed by atoms with E-state index >= 15 is 0 Å². The van der Waals surface area contributed by atoms with E-state index in [0.29, 0.717) is 62.5 Å². The van der Waals surface area contributed by atoms with E-state index in [1.807, 2.05) is 71.9 Å². The highest BCUT2D eigenvalue weighted by Crippen LogP contribution is 2.35. The number of ether oxygens (including phenoxy) is 8. The molecule has 2 fully saturated rings. The molecule has 2 saturated heterocycles. The fourth-order valence-electron chi connectivity index (χ4n) is 14.4. The maximum Gasteiger partial charge on any atom is 0.331 e. The Balaban J connectivity index is 1.30. The molecular formula is C75H126O18. The molecule has 18 heteroatoms. The van der Waals surface area contributed by atoms with Gasteiger partial charge in [0.25, 0.3) is 0 Å². The number of allylic oxidation sites excluding steroid dienone is 4. The average Bonchev–Trinajstić information content (AvgIpc) is 1.22. The molecule has 4 bridgehead atoms. The van der Waals surface area contributed by atoms with Gasteiger partial charge in [0.15, 0.2) is 0 Å². The highest BCUT2D eigenvalue weighted by molar-refractivity contribution is 5.83. The average molecular weight is 1320 g/mol. The van der Waals surface area contributed by atoms with Crippen molar-refractivity contribution in [2.45, 2.75) is 333 Å². The molecule has 0 aromatic heterocycles. The van der Waals surface area contributed by atoms with Gasteiger partial charge in [0.1, 0.15) is 12.2 Å². The maximum absolute atomic E-state index is 13.8. The van der Waals surface area contributed by atoms with E-state index in [1.165, 1.54) is 12.2 Å². The lowest BCUT2D eigenvalue weighted by molar-refractivity contribution is -0.154. The molecule has 18 nitrogen and oxygen atoms in total. The quantitative estimate of drug-likeness (QED) is 0.0468. The molecule has 5 rings (SSSR count). The van der Waals surface area contributed by atoms with Gasteiger partial charge in [0, 0.05) is 82.1 Å². The number of fused-ring (bicyclic) bond motifs is 4. The van der Waals surface area contributed by atoms with Gasteiger partial charge in [-0.1, -0.05) is 108 Å². The minimum absolute atomic E-state index is 0.00894. The van der Waals surface area contributed by atoms with Crippen LogP contribution in [0, 0.1) is 41.4 Å². The van der Waals surface area contributed by atoms with Gasteiger partial charge >= 0.3 is 11.9 Å². The fourth-order valence-corrected chi connectivity index (χ4v) is 14.4. The largest absolute Gasteiger partial charge is 0.459 e. The zero-order chi connectivity index (χ0) is 68.5. The first-order valence-corrected chi connectivity index (χ1v) is 35.7. The number of hydrogen-bond acceptors (Lipinski definition) is 18. The Bertz CT molecular complexity index is 2340. The predicted octanol–water partition coefficient (Wildman–Crippen LogP) is 10.6. The van der Waals surface area contributed by atoms with Gasteiger partial charge in [-0.2, -0.15) is 0 Å². The van der Waals surface area contributed by atoms with Crippen LogP contribution in [0.15, 0.2) is 71.9 Å². The highest BCUT2D eigenvalue weighted by atomic mass is 16.6. The van der Waals surface area contributed by atoms with Gasteiger partial charge in [0.2, 0.25) is 0 Å². The summed E-state index contributed by atoms with van der Waals surface area (Å²) in [6.45, 7) is 20.9. The molecular weight excluding hydrogens is 1190 g/mol. The van der Waals surface area contributed by atoms with E-state index in [1.54, 1.807) is 54.1 Å². The molecule has 0 spiro atoms. The van der Waals surface area contributed by atoms with Crippen LogP contribution >= 0.6 is 0 Å². The number of carbonyl (C=O) groups excluding carboxylic acids is 2. The molecule has 93 heavy (non-hydrogen) atoms. The molecule has 27 atom stereocenters. The normalized spacial score (nSPS) is 36.1. The summed E-state index contributed by atoms with van der Waals surface area (Å²) in [5.74, 6) is -4.43. The van der Waals surface area contributed by atoms with Crippen LogP contribution in [0.1, 0.15) is 211 Å². The van der Waals surface area contributed by atoms with Crippen LogP contribution in [0.2, 0.25) is 0 Å². The van der Waals surface area contributed by atoms with Crippen molar-refractivity contribution in [3.05, 3.63) is 71.9 Å². The summed E-state index contributed by atoms with van der Waals surface area (Å²) in [5.41, 5.74) is 1.41. The van der Waals surface area contributed by atoms with Gasteiger partial charge < -0.3 is 78.7 Å². The summed E-state index contributed by atoms with van der Waals surface area (Å²) in [7, 11) is 3.29. The number of aliphatic hydroxyl groups excluding tert-OH is 8. The Labute approximate surface area is 558 Å². The van der Waals surface area contributed by atoms with E-state index in [-0.39, 0.29) is 98.7 Å². The molecule has 0 aromatic carbocycles. The summed E-state index contributed by atoms with van der Waals surface area (Å²) in [6, 6.07) is 0. The Hall–Kier alpha value is -3.18. The standard InChI is InChI=1S/C75H126O18/c1-45-23-30-56(76)38-61-20-15-19-60(90-61)32-27-47(3)67(79)44-69(53(9)75(85)55(11)73(83)49(5)29-34-64-43-65(86-12)37-51(7)89-64)93-71(81)36-26-46(2)24-31-57(77)39-62-21-16-22-63(91-62)42-66(87-13)40-58(78)41-68(92-70(80)35-25-45)52(8)74(84)54(10)72(82)48(4)28-33-59-18-14-17-50(6)88-59/h15-16,20-21,23-26,35-36,47-69,72-79,82-85H,14,17-19,22,27-34,37-44H2,1-13H3. The van der Waals surface area contributed by atoms with Gasteiger partial charge in [-0.3, -0.25) is 0 Å². The van der Waals surface area contributed by atoms with E-state index in [0.717, 1.165) is 51.4 Å². The van der Waals surface area contributed by atoms with Crippen LogP contribution in [0.3, 0.4) is 0 Å². The number of hydrogen-bond donors (Lipinski definition) is 8. The first kappa shape index (κ1) is 80.5. The second-order valence-corrected chi connectivity index (χ2v) is 29.2. The number of cyclic esters (lactones) is 2. The van der Waals surface area contributed by atoms with Crippen LogP contribution in [-0.2, 0) is 47.5 Å². The summed E-state index contributed by atoms with van der Waals surface area (Å²) in [4.78, 5) is 27.5. The first-order valence-electron chi connectivity index (χ1n) is 35.7. The van der Waals surface area contributed by atoms with Gasteiger partial charge in [0.05, 0.1) is 110 Å². The summed E-state index contributed by atoms with van der Waals surface area (Å²) in [6.07, 6.45) is 19.1.